The fourth-order valence-corrected chi connectivity index (χ4v) is 7.76. The van der Waals surface area contributed by atoms with E-state index in [1.807, 2.05) is 131 Å². The van der Waals surface area contributed by atoms with E-state index < -0.39 is 36.0 Å². The number of benzene rings is 4. The van der Waals surface area contributed by atoms with Gasteiger partial charge in [0, 0.05) is 0 Å². The van der Waals surface area contributed by atoms with Crippen LogP contribution in [0.25, 0.3) is 0 Å². The smallest absolute Gasteiger partial charge is 0.249 e. The van der Waals surface area contributed by atoms with Crippen molar-refractivity contribution in [2.75, 3.05) is 0 Å². The lowest BCUT2D eigenvalue weighted by atomic mass is 9.84. The van der Waals surface area contributed by atoms with Gasteiger partial charge in [0.05, 0.1) is 37.0 Å². The van der Waals surface area contributed by atoms with Gasteiger partial charge in [0.2, 0.25) is 23.6 Å². The number of nitrogens with zero attached hydrogens (tertiary/aromatic N) is 4. The van der Waals surface area contributed by atoms with Crippen LogP contribution in [0.3, 0.4) is 0 Å². The Bertz CT molecular complexity index is 1620. The van der Waals surface area contributed by atoms with Gasteiger partial charge < -0.3 is 0 Å². The first-order chi connectivity index (χ1) is 21.5. The van der Waals surface area contributed by atoms with Crippen molar-refractivity contribution in [3.05, 3.63) is 144 Å². The average molecular weight is 583 g/mol. The summed E-state index contributed by atoms with van der Waals surface area (Å²) < 4.78 is 0. The third-order valence-corrected chi connectivity index (χ3v) is 9.56. The highest BCUT2D eigenvalue weighted by atomic mass is 16.2. The van der Waals surface area contributed by atoms with Gasteiger partial charge in [-0.3, -0.25) is 29.0 Å². The lowest BCUT2D eigenvalue weighted by Gasteiger charge is -2.35. The molecule has 4 amide bonds. The van der Waals surface area contributed by atoms with E-state index in [-0.39, 0.29) is 36.7 Å². The number of fused-ring (bicyclic) bond motifs is 5. The molecule has 4 saturated heterocycles. The van der Waals surface area contributed by atoms with Crippen molar-refractivity contribution >= 4 is 23.6 Å². The molecular weight excluding hydrogens is 552 g/mol. The Kier molecular flexibility index (Phi) is 6.29. The molecule has 6 atom stereocenters. The molecule has 4 fully saturated rings. The molecule has 0 bridgehead atoms. The first kappa shape index (κ1) is 26.7. The number of hydrogen-bond acceptors (Lipinski definition) is 6. The van der Waals surface area contributed by atoms with Gasteiger partial charge in [-0.2, -0.15) is 0 Å². The Morgan fingerprint density at radius 1 is 0.386 bits per heavy atom. The number of hydrazine groups is 1. The van der Waals surface area contributed by atoms with Crippen molar-refractivity contribution in [3.8, 4) is 0 Å². The molecule has 4 aromatic carbocycles. The van der Waals surface area contributed by atoms with Gasteiger partial charge in [-0.1, -0.05) is 121 Å². The maximum Gasteiger partial charge on any atom is 0.249 e. The summed E-state index contributed by atoms with van der Waals surface area (Å²) in [4.78, 5) is 60.0. The van der Waals surface area contributed by atoms with Crippen molar-refractivity contribution in [3.63, 3.8) is 0 Å². The van der Waals surface area contributed by atoms with Gasteiger partial charge in [0.1, 0.15) is 12.1 Å². The summed E-state index contributed by atoms with van der Waals surface area (Å²) >= 11 is 0. The molecule has 44 heavy (non-hydrogen) atoms. The van der Waals surface area contributed by atoms with Crippen LogP contribution >= 0.6 is 0 Å². The molecule has 8 nitrogen and oxygen atoms in total. The maximum atomic E-state index is 14.3. The number of amides is 4. The van der Waals surface area contributed by atoms with E-state index in [0.717, 1.165) is 22.3 Å². The topological polar surface area (TPSA) is 81.2 Å². The summed E-state index contributed by atoms with van der Waals surface area (Å²) in [6.07, 6.45) is 0. The lowest BCUT2D eigenvalue weighted by Crippen LogP contribution is -2.49. The standard InChI is InChI=1S/C36H30N4O4/c41-33-27-29(25-17-9-3-10-18-25)40-32-28(34(42)38(36(32)44)22-24-15-7-2-8-16-24)30(26-19-11-4-12-20-26)39(40)31(27)35(43)37(33)21-23-13-5-1-6-14-23/h1-20,27-32H,21-22H2/t27-,28-,29-,30+,31+,32-/m1/s1. The molecule has 8 rings (SSSR count). The van der Waals surface area contributed by atoms with E-state index in [2.05, 4.69) is 0 Å². The van der Waals surface area contributed by atoms with Crippen molar-refractivity contribution in [2.24, 2.45) is 11.8 Å². The SMILES string of the molecule is O=C1[C@H]2[C@@H](C(=O)N1Cc1ccccc1)N1[C@@H](c3ccccc3)[C@H]3C(=O)N(Cc4ccccc4)C(=O)[C@@H]3N1[C@@H]2c1ccccc1. The average Bonchev–Trinajstić information content (AvgIpc) is 3.72. The Labute approximate surface area is 255 Å². The molecule has 4 aliphatic rings. The zero-order valence-corrected chi connectivity index (χ0v) is 23.8. The normalized spacial score (nSPS) is 28.1. The molecule has 0 spiro atoms. The highest BCUT2D eigenvalue weighted by molar-refractivity contribution is 6.10. The molecule has 0 N–H and O–H groups in total. The van der Waals surface area contributed by atoms with Crippen molar-refractivity contribution in [1.29, 1.82) is 0 Å². The Hall–Kier alpha value is -4.92. The number of rotatable bonds is 6. The van der Waals surface area contributed by atoms with Crippen LogP contribution in [0, 0.1) is 11.8 Å². The summed E-state index contributed by atoms with van der Waals surface area (Å²) in [6, 6.07) is 35.3. The molecule has 0 saturated carbocycles. The predicted octanol–water partition coefficient (Wildman–Crippen LogP) is 4.12. The van der Waals surface area contributed by atoms with Gasteiger partial charge in [0.25, 0.3) is 0 Å². The fraction of sp³-hybridized carbons (Fsp3) is 0.222. The maximum absolute atomic E-state index is 14.3. The zero-order chi connectivity index (χ0) is 29.9. The van der Waals surface area contributed by atoms with Crippen LogP contribution in [0.2, 0.25) is 0 Å². The summed E-state index contributed by atoms with van der Waals surface area (Å²) in [5.41, 5.74) is 3.40. The Morgan fingerprint density at radius 2 is 0.705 bits per heavy atom. The van der Waals surface area contributed by atoms with Crippen LogP contribution in [0.15, 0.2) is 121 Å². The summed E-state index contributed by atoms with van der Waals surface area (Å²) in [7, 11) is 0. The van der Waals surface area contributed by atoms with E-state index in [1.54, 1.807) is 0 Å². The third kappa shape index (κ3) is 3.91. The van der Waals surface area contributed by atoms with E-state index >= 15 is 0 Å². The van der Waals surface area contributed by atoms with Crippen LogP contribution in [0.1, 0.15) is 34.3 Å². The van der Waals surface area contributed by atoms with E-state index in [0.29, 0.717) is 0 Å². The van der Waals surface area contributed by atoms with E-state index in [1.165, 1.54) is 9.80 Å². The molecule has 8 heteroatoms. The number of hydrogen-bond donors (Lipinski definition) is 0. The number of likely N-dealkylation sites (tertiary alicyclic amines) is 2. The van der Waals surface area contributed by atoms with Gasteiger partial charge in [0.15, 0.2) is 0 Å². The summed E-state index contributed by atoms with van der Waals surface area (Å²) in [6.45, 7) is 0.346. The van der Waals surface area contributed by atoms with E-state index in [4.69, 9.17) is 0 Å². The van der Waals surface area contributed by atoms with Gasteiger partial charge in [-0.25, -0.2) is 10.0 Å². The van der Waals surface area contributed by atoms with Crippen LogP contribution < -0.4 is 0 Å². The largest absolute Gasteiger partial charge is 0.276 e. The number of carbonyl (C=O) groups is 4. The Morgan fingerprint density at radius 3 is 1.05 bits per heavy atom. The number of carbonyl (C=O) groups excluding carboxylic acids is 4. The zero-order valence-electron chi connectivity index (χ0n) is 23.8. The quantitative estimate of drug-likeness (QED) is 0.318. The van der Waals surface area contributed by atoms with Crippen LogP contribution in [0.5, 0.6) is 0 Å². The summed E-state index contributed by atoms with van der Waals surface area (Å²) in [5.74, 6) is -2.57. The van der Waals surface area contributed by atoms with Crippen molar-refractivity contribution < 1.29 is 19.2 Å². The molecule has 0 radical (unpaired) electrons. The number of imide groups is 2. The van der Waals surface area contributed by atoms with Gasteiger partial charge in [-0.15, -0.1) is 0 Å². The first-order valence-corrected chi connectivity index (χ1v) is 15.0. The molecule has 0 aliphatic carbocycles. The molecule has 0 unspecified atom stereocenters. The minimum atomic E-state index is -0.838. The Balaban J connectivity index is 1.26. The molecular formula is C36H30N4O4. The monoisotopic (exact) mass is 582 g/mol. The van der Waals surface area contributed by atoms with Crippen molar-refractivity contribution in [1.82, 2.24) is 19.8 Å². The second kappa shape index (κ2) is 10.4. The second-order valence-corrected chi connectivity index (χ2v) is 11.9. The molecule has 0 aromatic heterocycles. The highest BCUT2D eigenvalue weighted by Crippen LogP contribution is 2.59. The third-order valence-electron chi connectivity index (χ3n) is 9.56. The molecule has 218 valence electrons. The second-order valence-electron chi connectivity index (χ2n) is 11.9. The predicted molar refractivity (Wildman–Crippen MR) is 161 cm³/mol. The molecule has 4 heterocycles. The lowest BCUT2D eigenvalue weighted by molar-refractivity contribution is -0.153. The summed E-state index contributed by atoms with van der Waals surface area (Å²) in [5, 5.41) is 3.85. The molecule has 4 aliphatic heterocycles. The van der Waals surface area contributed by atoms with Crippen LogP contribution in [-0.2, 0) is 32.3 Å². The first-order valence-electron chi connectivity index (χ1n) is 15.0. The van der Waals surface area contributed by atoms with Gasteiger partial charge in [-0.05, 0) is 22.3 Å². The van der Waals surface area contributed by atoms with Crippen LogP contribution in [-0.4, -0.2) is 55.5 Å². The van der Waals surface area contributed by atoms with Crippen LogP contribution in [0.4, 0.5) is 0 Å². The minimum Gasteiger partial charge on any atom is -0.276 e. The van der Waals surface area contributed by atoms with E-state index in [9.17, 15) is 19.2 Å². The van der Waals surface area contributed by atoms with Gasteiger partial charge >= 0.3 is 0 Å². The van der Waals surface area contributed by atoms with Crippen molar-refractivity contribution in [2.45, 2.75) is 37.3 Å². The fourth-order valence-electron chi connectivity index (χ4n) is 7.76. The highest BCUT2D eigenvalue weighted by Gasteiger charge is 2.73. The minimum absolute atomic E-state index is 0.173. The molecule has 4 aromatic rings.